The highest BCUT2D eigenvalue weighted by Crippen LogP contribution is 2.26. The van der Waals surface area contributed by atoms with Crippen molar-refractivity contribution in [3.8, 4) is 0 Å². The molecule has 0 bridgehead atoms. The zero-order valence-corrected chi connectivity index (χ0v) is 11.5. The molecule has 0 heterocycles. The Morgan fingerprint density at radius 2 is 1.81 bits per heavy atom. The molecule has 96 valence electrons. The van der Waals surface area contributed by atoms with Gasteiger partial charge in [0.05, 0.1) is 0 Å². The molecule has 0 spiro atoms. The minimum atomic E-state index is 0.0456. The van der Waals surface area contributed by atoms with Crippen LogP contribution in [0.25, 0.3) is 0 Å². The molecule has 0 amide bonds. The average Bonchev–Trinajstić information content (AvgIpc) is 2.09. The Morgan fingerprint density at radius 1 is 1.31 bits per heavy atom. The minimum Gasteiger partial charge on any atom is -0.409 e. The fourth-order valence-electron chi connectivity index (χ4n) is 2.02. The highest BCUT2D eigenvalue weighted by Gasteiger charge is 2.25. The highest BCUT2D eigenvalue weighted by molar-refractivity contribution is 5.82. The molecule has 0 fully saturated rings. The minimum absolute atomic E-state index is 0.0456. The van der Waals surface area contributed by atoms with E-state index in [9.17, 15) is 0 Å². The van der Waals surface area contributed by atoms with Gasteiger partial charge in [-0.15, -0.1) is 0 Å². The number of hydrogen-bond donors (Lipinski definition) is 3. The van der Waals surface area contributed by atoms with Crippen molar-refractivity contribution in [1.29, 1.82) is 0 Å². The molecule has 0 aliphatic rings. The molecule has 0 radical (unpaired) electrons. The molecule has 1 atom stereocenters. The first-order chi connectivity index (χ1) is 7.07. The van der Waals surface area contributed by atoms with Gasteiger partial charge in [0.1, 0.15) is 5.84 Å². The van der Waals surface area contributed by atoms with E-state index in [0.717, 1.165) is 13.0 Å². The summed E-state index contributed by atoms with van der Waals surface area (Å²) in [5, 5.41) is 15.0. The molecule has 4 nitrogen and oxygen atoms in total. The van der Waals surface area contributed by atoms with Crippen molar-refractivity contribution in [3.63, 3.8) is 0 Å². The van der Waals surface area contributed by atoms with E-state index >= 15 is 0 Å². The standard InChI is InChI=1S/C12H27N3O/c1-9(10(13)15-16)7-14-12(5,6)8-11(2,3)4/h9,14,16H,7-8H2,1-6H3,(H2,13,15). The molecular weight excluding hydrogens is 202 g/mol. The molecule has 0 aromatic rings. The van der Waals surface area contributed by atoms with Gasteiger partial charge >= 0.3 is 0 Å². The van der Waals surface area contributed by atoms with Gasteiger partial charge in [-0.05, 0) is 25.7 Å². The van der Waals surface area contributed by atoms with Gasteiger partial charge in [-0.25, -0.2) is 0 Å². The maximum absolute atomic E-state index is 8.56. The van der Waals surface area contributed by atoms with E-state index < -0.39 is 0 Å². The zero-order chi connectivity index (χ0) is 13.0. The molecule has 0 aliphatic heterocycles. The first kappa shape index (κ1) is 15.2. The van der Waals surface area contributed by atoms with Gasteiger partial charge < -0.3 is 16.3 Å². The SMILES string of the molecule is CC(CNC(C)(C)CC(C)(C)C)C(N)=NO. The zero-order valence-electron chi connectivity index (χ0n) is 11.5. The number of amidine groups is 1. The predicted octanol–water partition coefficient (Wildman–Crippen LogP) is 2.17. The van der Waals surface area contributed by atoms with Crippen LogP contribution in [0, 0.1) is 11.3 Å². The van der Waals surface area contributed by atoms with Gasteiger partial charge in [0.15, 0.2) is 0 Å². The van der Waals surface area contributed by atoms with Crippen LogP contribution in [0.3, 0.4) is 0 Å². The molecule has 4 N–H and O–H groups in total. The molecule has 16 heavy (non-hydrogen) atoms. The molecular formula is C12H27N3O. The van der Waals surface area contributed by atoms with Crippen molar-refractivity contribution in [3.05, 3.63) is 0 Å². The Balaban J connectivity index is 4.19. The van der Waals surface area contributed by atoms with Crippen molar-refractivity contribution in [2.24, 2.45) is 22.2 Å². The number of nitrogens with two attached hydrogens (primary N) is 1. The topological polar surface area (TPSA) is 70.6 Å². The Labute approximate surface area is 99.3 Å². The van der Waals surface area contributed by atoms with Crippen molar-refractivity contribution in [2.75, 3.05) is 6.54 Å². The van der Waals surface area contributed by atoms with Crippen LogP contribution in [-0.4, -0.2) is 23.1 Å². The maximum Gasteiger partial charge on any atom is 0.143 e. The molecule has 0 saturated heterocycles. The molecule has 1 unspecified atom stereocenters. The summed E-state index contributed by atoms with van der Waals surface area (Å²) in [4.78, 5) is 0. The van der Waals surface area contributed by atoms with Crippen LogP contribution in [0.15, 0.2) is 5.16 Å². The predicted molar refractivity (Wildman–Crippen MR) is 68.7 cm³/mol. The molecule has 4 heteroatoms. The quantitative estimate of drug-likeness (QED) is 0.293. The number of hydrogen-bond acceptors (Lipinski definition) is 3. The fourth-order valence-corrected chi connectivity index (χ4v) is 2.02. The molecule has 0 saturated carbocycles. The van der Waals surface area contributed by atoms with Crippen LogP contribution in [0.2, 0.25) is 0 Å². The van der Waals surface area contributed by atoms with E-state index in [4.69, 9.17) is 10.9 Å². The van der Waals surface area contributed by atoms with E-state index in [1.807, 2.05) is 6.92 Å². The second kappa shape index (κ2) is 5.53. The third-order valence-electron chi connectivity index (χ3n) is 2.48. The normalized spacial score (nSPS) is 16.2. The smallest absolute Gasteiger partial charge is 0.143 e. The highest BCUT2D eigenvalue weighted by atomic mass is 16.4. The second-order valence-corrected chi connectivity index (χ2v) is 6.43. The molecule has 0 aromatic heterocycles. The lowest BCUT2D eigenvalue weighted by Gasteiger charge is -2.34. The van der Waals surface area contributed by atoms with Gasteiger partial charge in [0, 0.05) is 18.0 Å². The largest absolute Gasteiger partial charge is 0.409 e. The number of rotatable bonds is 5. The van der Waals surface area contributed by atoms with Crippen LogP contribution >= 0.6 is 0 Å². The van der Waals surface area contributed by atoms with Gasteiger partial charge in [-0.1, -0.05) is 32.9 Å². The van der Waals surface area contributed by atoms with E-state index in [2.05, 4.69) is 45.1 Å². The average molecular weight is 229 g/mol. The molecule has 0 aliphatic carbocycles. The van der Waals surface area contributed by atoms with E-state index in [1.165, 1.54) is 0 Å². The van der Waals surface area contributed by atoms with Crippen LogP contribution in [-0.2, 0) is 0 Å². The Hall–Kier alpha value is -0.770. The summed E-state index contributed by atoms with van der Waals surface area (Å²) < 4.78 is 0. The van der Waals surface area contributed by atoms with Crippen molar-refractivity contribution < 1.29 is 5.21 Å². The van der Waals surface area contributed by atoms with Gasteiger partial charge in [-0.3, -0.25) is 0 Å². The van der Waals surface area contributed by atoms with E-state index in [0.29, 0.717) is 0 Å². The summed E-state index contributed by atoms with van der Waals surface area (Å²) >= 11 is 0. The number of nitrogens with one attached hydrogen (secondary N) is 1. The fraction of sp³-hybridized carbons (Fsp3) is 0.917. The third-order valence-corrected chi connectivity index (χ3v) is 2.48. The lowest BCUT2D eigenvalue weighted by molar-refractivity contribution is 0.238. The summed E-state index contributed by atoms with van der Waals surface area (Å²) in [6.45, 7) is 13.7. The first-order valence-corrected chi connectivity index (χ1v) is 5.80. The first-order valence-electron chi connectivity index (χ1n) is 5.80. The van der Waals surface area contributed by atoms with Gasteiger partial charge in [0.2, 0.25) is 0 Å². The van der Waals surface area contributed by atoms with Gasteiger partial charge in [0.25, 0.3) is 0 Å². The third kappa shape index (κ3) is 6.67. The van der Waals surface area contributed by atoms with E-state index in [1.54, 1.807) is 0 Å². The number of oxime groups is 1. The maximum atomic E-state index is 8.56. The van der Waals surface area contributed by atoms with Crippen molar-refractivity contribution >= 4 is 5.84 Å². The lowest BCUT2D eigenvalue weighted by Crippen LogP contribution is -2.46. The van der Waals surface area contributed by atoms with Crippen LogP contribution in [0.5, 0.6) is 0 Å². The Bertz CT molecular complexity index is 241. The summed E-state index contributed by atoms with van der Waals surface area (Å²) in [6, 6.07) is 0. The van der Waals surface area contributed by atoms with Crippen molar-refractivity contribution in [1.82, 2.24) is 5.32 Å². The van der Waals surface area contributed by atoms with Crippen LogP contribution in [0.4, 0.5) is 0 Å². The summed E-state index contributed by atoms with van der Waals surface area (Å²) in [6.07, 6.45) is 1.07. The lowest BCUT2D eigenvalue weighted by atomic mass is 9.81. The van der Waals surface area contributed by atoms with Crippen LogP contribution < -0.4 is 11.1 Å². The molecule has 0 aromatic carbocycles. The summed E-state index contributed by atoms with van der Waals surface area (Å²) in [7, 11) is 0. The monoisotopic (exact) mass is 229 g/mol. The Kier molecular flexibility index (Phi) is 5.26. The Morgan fingerprint density at radius 3 is 2.19 bits per heavy atom. The van der Waals surface area contributed by atoms with Crippen molar-refractivity contribution in [2.45, 2.75) is 53.5 Å². The number of nitrogens with zero attached hydrogens (tertiary/aromatic N) is 1. The second-order valence-electron chi connectivity index (χ2n) is 6.43. The van der Waals surface area contributed by atoms with Gasteiger partial charge in [-0.2, -0.15) is 0 Å². The van der Waals surface area contributed by atoms with E-state index in [-0.39, 0.29) is 22.7 Å². The molecule has 0 rings (SSSR count). The summed E-state index contributed by atoms with van der Waals surface area (Å²) in [5.74, 6) is 0.323. The van der Waals surface area contributed by atoms with Crippen LogP contribution in [0.1, 0.15) is 48.0 Å². The summed E-state index contributed by atoms with van der Waals surface area (Å²) in [5.41, 5.74) is 5.88.